The second-order valence-electron chi connectivity index (χ2n) is 7.35. The Morgan fingerprint density at radius 2 is 2.10 bits per heavy atom. The summed E-state index contributed by atoms with van der Waals surface area (Å²) in [5, 5.41) is 17.2. The van der Waals surface area contributed by atoms with Gasteiger partial charge in [0.2, 0.25) is 5.91 Å². The average Bonchev–Trinajstić information content (AvgIpc) is 3.42. The van der Waals surface area contributed by atoms with Gasteiger partial charge in [-0.1, -0.05) is 24.3 Å². The minimum Gasteiger partial charge on any atom is -0.508 e. The number of amides is 1. The van der Waals surface area contributed by atoms with E-state index in [-0.39, 0.29) is 23.6 Å². The number of aromatic hydroxyl groups is 1. The fourth-order valence-electron chi connectivity index (χ4n) is 3.88. The number of ether oxygens (including phenoxy) is 2. The van der Waals surface area contributed by atoms with Crippen LogP contribution in [0.4, 0.5) is 0 Å². The van der Waals surface area contributed by atoms with Crippen LogP contribution in [0.2, 0.25) is 0 Å². The Kier molecular flexibility index (Phi) is 5.72. The van der Waals surface area contributed by atoms with E-state index in [2.05, 4.69) is 10.4 Å². The van der Waals surface area contributed by atoms with E-state index >= 15 is 0 Å². The van der Waals surface area contributed by atoms with E-state index in [0.717, 1.165) is 16.9 Å². The molecule has 0 saturated carbocycles. The quantitative estimate of drug-likeness (QED) is 0.653. The number of hydrogen-bond donors (Lipinski definition) is 2. The summed E-state index contributed by atoms with van der Waals surface area (Å²) >= 11 is 0. The second kappa shape index (κ2) is 8.59. The second-order valence-corrected chi connectivity index (χ2v) is 7.35. The highest BCUT2D eigenvalue weighted by atomic mass is 16.5. The number of phenolic OH excluding ortho intramolecular Hbond substituents is 1. The molecule has 0 radical (unpaired) electrons. The zero-order chi connectivity index (χ0) is 21.1. The van der Waals surface area contributed by atoms with Crippen LogP contribution in [-0.4, -0.2) is 34.5 Å². The summed E-state index contributed by atoms with van der Waals surface area (Å²) in [5.41, 5.74) is 2.45. The molecule has 7 heteroatoms. The zero-order valence-corrected chi connectivity index (χ0v) is 17.0. The van der Waals surface area contributed by atoms with Crippen molar-refractivity contribution >= 4 is 5.91 Å². The minimum atomic E-state index is -0.409. The van der Waals surface area contributed by atoms with Crippen LogP contribution in [0.25, 0.3) is 5.69 Å². The SMILES string of the molecule is COc1ccccc1-n1nccc1[C@H]1OCC[C@@H]1C(=O)N[C@H](C)c1cccc(O)c1. The van der Waals surface area contributed by atoms with Gasteiger partial charge in [-0.15, -0.1) is 0 Å². The molecule has 2 heterocycles. The van der Waals surface area contributed by atoms with E-state index in [1.54, 1.807) is 36.2 Å². The number of carbonyl (C=O) groups is 1. The van der Waals surface area contributed by atoms with Crippen LogP contribution in [-0.2, 0) is 9.53 Å². The summed E-state index contributed by atoms with van der Waals surface area (Å²) in [4.78, 5) is 13.1. The molecule has 3 aromatic rings. The molecule has 0 bridgehead atoms. The Morgan fingerprint density at radius 3 is 2.90 bits per heavy atom. The molecule has 3 atom stereocenters. The van der Waals surface area contributed by atoms with Gasteiger partial charge in [-0.3, -0.25) is 4.79 Å². The van der Waals surface area contributed by atoms with Crippen molar-refractivity contribution in [2.45, 2.75) is 25.5 Å². The molecule has 30 heavy (non-hydrogen) atoms. The molecule has 1 fully saturated rings. The van der Waals surface area contributed by atoms with Crippen molar-refractivity contribution in [1.82, 2.24) is 15.1 Å². The smallest absolute Gasteiger partial charge is 0.226 e. The summed E-state index contributed by atoms with van der Waals surface area (Å²) in [5.74, 6) is 0.450. The fourth-order valence-corrected chi connectivity index (χ4v) is 3.88. The van der Waals surface area contributed by atoms with Crippen LogP contribution in [0.15, 0.2) is 60.8 Å². The van der Waals surface area contributed by atoms with Gasteiger partial charge in [0, 0.05) is 12.8 Å². The van der Waals surface area contributed by atoms with Gasteiger partial charge in [0.1, 0.15) is 23.3 Å². The molecule has 0 spiro atoms. The third kappa shape index (κ3) is 3.89. The van der Waals surface area contributed by atoms with E-state index in [9.17, 15) is 9.90 Å². The maximum atomic E-state index is 13.1. The maximum absolute atomic E-state index is 13.1. The van der Waals surface area contributed by atoms with Crippen LogP contribution < -0.4 is 10.1 Å². The monoisotopic (exact) mass is 407 g/mol. The first kappa shape index (κ1) is 20.0. The van der Waals surface area contributed by atoms with Gasteiger partial charge in [0.25, 0.3) is 0 Å². The maximum Gasteiger partial charge on any atom is 0.226 e. The van der Waals surface area contributed by atoms with E-state index in [1.807, 2.05) is 43.3 Å². The van der Waals surface area contributed by atoms with Crippen molar-refractivity contribution in [1.29, 1.82) is 0 Å². The van der Waals surface area contributed by atoms with Crippen LogP contribution in [0.3, 0.4) is 0 Å². The molecule has 0 aliphatic carbocycles. The molecule has 1 saturated heterocycles. The number of rotatable bonds is 6. The third-order valence-electron chi connectivity index (χ3n) is 5.43. The lowest BCUT2D eigenvalue weighted by molar-refractivity contribution is -0.127. The van der Waals surface area contributed by atoms with Gasteiger partial charge < -0.3 is 19.9 Å². The molecular weight excluding hydrogens is 382 g/mol. The largest absolute Gasteiger partial charge is 0.508 e. The number of hydrogen-bond acceptors (Lipinski definition) is 5. The molecule has 7 nitrogen and oxygen atoms in total. The first-order valence-corrected chi connectivity index (χ1v) is 9.96. The first-order chi connectivity index (χ1) is 14.6. The van der Waals surface area contributed by atoms with Gasteiger partial charge in [0.05, 0.1) is 24.8 Å². The molecular formula is C23H25N3O4. The van der Waals surface area contributed by atoms with E-state index in [0.29, 0.717) is 18.8 Å². The Labute approximate surface area is 175 Å². The van der Waals surface area contributed by atoms with E-state index in [4.69, 9.17) is 9.47 Å². The van der Waals surface area contributed by atoms with Crippen molar-refractivity contribution in [3.63, 3.8) is 0 Å². The van der Waals surface area contributed by atoms with E-state index in [1.165, 1.54) is 0 Å². The van der Waals surface area contributed by atoms with Crippen molar-refractivity contribution in [2.24, 2.45) is 5.92 Å². The Bertz CT molecular complexity index is 1030. The number of benzene rings is 2. The minimum absolute atomic E-state index is 0.0823. The predicted octanol–water partition coefficient (Wildman–Crippen LogP) is 3.54. The fraction of sp³-hybridized carbons (Fsp3) is 0.304. The lowest BCUT2D eigenvalue weighted by atomic mass is 9.96. The molecule has 2 aromatic carbocycles. The molecule has 1 amide bonds. The van der Waals surface area contributed by atoms with Gasteiger partial charge >= 0.3 is 0 Å². The Balaban J connectivity index is 1.56. The summed E-state index contributed by atoms with van der Waals surface area (Å²) in [6.07, 6.45) is 1.92. The number of para-hydroxylation sites is 2. The molecule has 4 rings (SSSR count). The first-order valence-electron chi connectivity index (χ1n) is 9.96. The molecule has 1 aliphatic rings. The van der Waals surface area contributed by atoms with Crippen molar-refractivity contribution in [2.75, 3.05) is 13.7 Å². The number of nitrogens with one attached hydrogen (secondary N) is 1. The number of aromatic nitrogens is 2. The third-order valence-corrected chi connectivity index (χ3v) is 5.43. The summed E-state index contributed by atoms with van der Waals surface area (Å²) in [6, 6.07) is 16.2. The average molecular weight is 407 g/mol. The number of phenols is 1. The Hall–Kier alpha value is -3.32. The van der Waals surface area contributed by atoms with Gasteiger partial charge in [0.15, 0.2) is 0 Å². The highest BCUT2D eigenvalue weighted by Crippen LogP contribution is 2.37. The molecule has 1 aromatic heterocycles. The summed E-state index contributed by atoms with van der Waals surface area (Å²) in [7, 11) is 1.62. The normalized spacial score (nSPS) is 19.4. The number of nitrogens with zero attached hydrogens (tertiary/aromatic N) is 2. The van der Waals surface area contributed by atoms with Crippen LogP contribution in [0, 0.1) is 5.92 Å². The predicted molar refractivity (Wildman–Crippen MR) is 112 cm³/mol. The van der Waals surface area contributed by atoms with Crippen molar-refractivity contribution in [3.8, 4) is 17.2 Å². The van der Waals surface area contributed by atoms with Crippen LogP contribution in [0.1, 0.15) is 36.7 Å². The van der Waals surface area contributed by atoms with Crippen LogP contribution >= 0.6 is 0 Å². The van der Waals surface area contributed by atoms with E-state index < -0.39 is 6.10 Å². The lowest BCUT2D eigenvalue weighted by Crippen LogP contribution is -2.34. The Morgan fingerprint density at radius 1 is 1.27 bits per heavy atom. The van der Waals surface area contributed by atoms with Gasteiger partial charge in [-0.25, -0.2) is 4.68 Å². The van der Waals surface area contributed by atoms with Gasteiger partial charge in [-0.2, -0.15) is 5.10 Å². The zero-order valence-electron chi connectivity index (χ0n) is 17.0. The molecule has 0 unspecified atom stereocenters. The summed E-state index contributed by atoms with van der Waals surface area (Å²) in [6.45, 7) is 2.40. The molecule has 2 N–H and O–H groups in total. The standard InChI is InChI=1S/C23H25N3O4/c1-15(16-6-5-7-17(27)14-16)25-23(28)18-11-13-30-22(18)20-10-12-24-26(20)19-8-3-4-9-21(19)29-2/h3-10,12,14-15,18,22,27H,11,13H2,1-2H3,(H,25,28)/t15-,18+,22+/m1/s1. The van der Waals surface area contributed by atoms with Crippen molar-refractivity contribution < 1.29 is 19.4 Å². The van der Waals surface area contributed by atoms with Crippen molar-refractivity contribution in [3.05, 3.63) is 72.1 Å². The van der Waals surface area contributed by atoms with Gasteiger partial charge in [-0.05, 0) is 49.2 Å². The molecule has 156 valence electrons. The van der Waals surface area contributed by atoms with Crippen LogP contribution in [0.5, 0.6) is 11.5 Å². The molecule has 1 aliphatic heterocycles. The summed E-state index contributed by atoms with van der Waals surface area (Å²) < 4.78 is 13.2. The topological polar surface area (TPSA) is 85.6 Å². The number of carbonyl (C=O) groups excluding carboxylic acids is 1. The number of methoxy groups -OCH3 is 1. The highest BCUT2D eigenvalue weighted by Gasteiger charge is 2.38. The highest BCUT2D eigenvalue weighted by molar-refractivity contribution is 5.80. The lowest BCUT2D eigenvalue weighted by Gasteiger charge is -2.22.